The van der Waals surface area contributed by atoms with Crippen molar-refractivity contribution in [2.45, 2.75) is 26.3 Å². The number of hydrogen-bond donors (Lipinski definition) is 0. The van der Waals surface area contributed by atoms with E-state index < -0.39 is 0 Å². The Kier molecular flexibility index (Phi) is 4.80. The zero-order valence-electron chi connectivity index (χ0n) is 17.9. The van der Waals surface area contributed by atoms with E-state index in [4.69, 9.17) is 4.74 Å². The predicted molar refractivity (Wildman–Crippen MR) is 115 cm³/mol. The van der Waals surface area contributed by atoms with Crippen LogP contribution in [0, 0.1) is 19.8 Å². The van der Waals surface area contributed by atoms with Gasteiger partial charge in [0.25, 0.3) is 5.91 Å². The number of fused-ring (bicyclic) bond motifs is 1. The van der Waals surface area contributed by atoms with E-state index in [9.17, 15) is 4.79 Å². The fourth-order valence-corrected chi connectivity index (χ4v) is 4.64. The molecule has 2 aromatic heterocycles. The molecular formula is C22H25N7O2. The average molecular weight is 419 g/mol. The Balaban J connectivity index is 1.42. The van der Waals surface area contributed by atoms with Crippen molar-refractivity contribution >= 4 is 11.9 Å². The third kappa shape index (κ3) is 3.39. The van der Waals surface area contributed by atoms with Crippen LogP contribution in [-0.2, 0) is 0 Å². The molecule has 31 heavy (non-hydrogen) atoms. The molecule has 0 aliphatic carbocycles. The fraction of sp³-hybridized carbons (Fsp3) is 0.409. The van der Waals surface area contributed by atoms with E-state index in [-0.39, 0.29) is 11.9 Å². The summed E-state index contributed by atoms with van der Waals surface area (Å²) in [5.74, 6) is 1.82. The van der Waals surface area contributed by atoms with E-state index in [1.54, 1.807) is 24.2 Å². The molecule has 160 valence electrons. The van der Waals surface area contributed by atoms with E-state index in [2.05, 4.69) is 25.2 Å². The summed E-state index contributed by atoms with van der Waals surface area (Å²) in [6.07, 6.45) is 4.33. The minimum Gasteiger partial charge on any atom is -0.494 e. The first kappa shape index (κ1) is 19.5. The zero-order chi connectivity index (χ0) is 21.5. The normalized spacial score (nSPS) is 20.2. The summed E-state index contributed by atoms with van der Waals surface area (Å²) >= 11 is 0. The van der Waals surface area contributed by atoms with Crippen molar-refractivity contribution in [1.82, 2.24) is 29.9 Å². The maximum atomic E-state index is 13.6. The smallest absolute Gasteiger partial charge is 0.256 e. The van der Waals surface area contributed by atoms with Crippen molar-refractivity contribution in [1.29, 1.82) is 0 Å². The summed E-state index contributed by atoms with van der Waals surface area (Å²) in [5, 5.41) is 7.97. The van der Waals surface area contributed by atoms with Gasteiger partial charge >= 0.3 is 0 Å². The molecule has 3 aromatic rings. The van der Waals surface area contributed by atoms with Crippen molar-refractivity contribution in [2.24, 2.45) is 5.92 Å². The molecule has 1 amide bonds. The van der Waals surface area contributed by atoms with Gasteiger partial charge in [0.05, 0.1) is 31.1 Å². The van der Waals surface area contributed by atoms with Gasteiger partial charge in [0.15, 0.2) is 0 Å². The third-order valence-electron chi connectivity index (χ3n) is 6.17. The van der Waals surface area contributed by atoms with E-state index in [1.165, 1.54) is 0 Å². The van der Waals surface area contributed by atoms with Crippen LogP contribution in [0.3, 0.4) is 0 Å². The summed E-state index contributed by atoms with van der Waals surface area (Å²) in [4.78, 5) is 27.0. The van der Waals surface area contributed by atoms with Crippen LogP contribution < -0.4 is 9.64 Å². The Morgan fingerprint density at radius 3 is 2.68 bits per heavy atom. The lowest BCUT2D eigenvalue weighted by atomic mass is 9.81. The second-order valence-corrected chi connectivity index (χ2v) is 8.17. The highest BCUT2D eigenvalue weighted by Gasteiger charge is 2.46. The van der Waals surface area contributed by atoms with E-state index in [1.807, 2.05) is 43.0 Å². The number of rotatable bonds is 4. The Morgan fingerprint density at radius 2 is 1.97 bits per heavy atom. The lowest BCUT2D eigenvalue weighted by Gasteiger charge is -2.53. The van der Waals surface area contributed by atoms with Crippen LogP contribution in [0.25, 0.3) is 5.69 Å². The number of para-hydroxylation sites is 1. The number of amides is 1. The summed E-state index contributed by atoms with van der Waals surface area (Å²) in [7, 11) is 1.59. The zero-order valence-corrected chi connectivity index (χ0v) is 17.9. The number of aryl methyl sites for hydroxylation is 2. The first-order valence-corrected chi connectivity index (χ1v) is 10.5. The molecule has 2 fully saturated rings. The summed E-state index contributed by atoms with van der Waals surface area (Å²) in [6, 6.07) is 7.60. The molecule has 9 nitrogen and oxygen atoms in total. The number of carbonyl (C=O) groups is 1. The van der Waals surface area contributed by atoms with Crippen LogP contribution >= 0.6 is 0 Å². The highest BCUT2D eigenvalue weighted by Crippen LogP contribution is 2.36. The van der Waals surface area contributed by atoms with Crippen LogP contribution in [0.1, 0.15) is 28.2 Å². The molecule has 0 N–H and O–H groups in total. The lowest BCUT2D eigenvalue weighted by molar-refractivity contribution is 0.00764. The molecule has 0 radical (unpaired) electrons. The number of benzene rings is 1. The number of methoxy groups -OCH3 is 1. The lowest BCUT2D eigenvalue weighted by Crippen LogP contribution is -2.66. The van der Waals surface area contributed by atoms with Gasteiger partial charge in [-0.25, -0.2) is 14.6 Å². The fourth-order valence-electron chi connectivity index (χ4n) is 4.64. The SMILES string of the molecule is COc1cccc(C(=O)N2CC3CCN(c4nc(C)cc(C)n4)CC32)c1-n1ccnn1. The quantitative estimate of drug-likeness (QED) is 0.639. The molecule has 9 heteroatoms. The van der Waals surface area contributed by atoms with Crippen molar-refractivity contribution in [3.05, 3.63) is 53.6 Å². The number of hydrogen-bond acceptors (Lipinski definition) is 7. The molecular weight excluding hydrogens is 394 g/mol. The number of carbonyl (C=O) groups excluding carboxylic acids is 1. The van der Waals surface area contributed by atoms with E-state index in [0.29, 0.717) is 22.9 Å². The maximum Gasteiger partial charge on any atom is 0.256 e. The summed E-state index contributed by atoms with van der Waals surface area (Å²) in [6.45, 7) is 6.38. The average Bonchev–Trinajstić information content (AvgIpc) is 3.27. The molecule has 0 saturated carbocycles. The highest BCUT2D eigenvalue weighted by atomic mass is 16.5. The van der Waals surface area contributed by atoms with Gasteiger partial charge < -0.3 is 14.5 Å². The number of anilines is 1. The Hall–Kier alpha value is -3.49. The minimum absolute atomic E-state index is 0.0196. The van der Waals surface area contributed by atoms with Crippen LogP contribution in [0.4, 0.5) is 5.95 Å². The minimum atomic E-state index is -0.0196. The first-order chi connectivity index (χ1) is 15.0. The molecule has 1 aromatic carbocycles. The maximum absolute atomic E-state index is 13.6. The van der Waals surface area contributed by atoms with Crippen molar-refractivity contribution < 1.29 is 9.53 Å². The monoisotopic (exact) mass is 419 g/mol. The number of aromatic nitrogens is 5. The van der Waals surface area contributed by atoms with Crippen LogP contribution in [0.15, 0.2) is 36.7 Å². The second kappa shape index (κ2) is 7.64. The Bertz CT molecular complexity index is 1090. The largest absolute Gasteiger partial charge is 0.494 e. The van der Waals surface area contributed by atoms with E-state index >= 15 is 0 Å². The Labute approximate surface area is 180 Å². The molecule has 2 unspecified atom stereocenters. The van der Waals surface area contributed by atoms with Crippen molar-refractivity contribution in [3.8, 4) is 11.4 Å². The standard InChI is InChI=1S/C22H25N7O2/c1-14-11-15(2)25-22(24-14)27-9-7-16-12-28(18(16)13-27)21(30)17-5-4-6-19(31-3)20(17)29-10-8-23-26-29/h4-6,8,10-11,16,18H,7,9,12-13H2,1-3H3. The predicted octanol–water partition coefficient (Wildman–Crippen LogP) is 2.03. The molecule has 2 aliphatic heterocycles. The van der Waals surface area contributed by atoms with E-state index in [0.717, 1.165) is 43.4 Å². The third-order valence-corrected chi connectivity index (χ3v) is 6.17. The van der Waals surface area contributed by atoms with Gasteiger partial charge in [0.1, 0.15) is 11.4 Å². The first-order valence-electron chi connectivity index (χ1n) is 10.5. The molecule has 0 bridgehead atoms. The molecule has 2 atom stereocenters. The summed E-state index contributed by atoms with van der Waals surface area (Å²) < 4.78 is 7.09. The molecule has 2 saturated heterocycles. The summed E-state index contributed by atoms with van der Waals surface area (Å²) in [5.41, 5.74) is 3.09. The van der Waals surface area contributed by atoms with Crippen molar-refractivity contribution in [3.63, 3.8) is 0 Å². The number of nitrogens with zero attached hydrogens (tertiary/aromatic N) is 7. The topological polar surface area (TPSA) is 89.3 Å². The number of ether oxygens (including phenoxy) is 1. The molecule has 5 rings (SSSR count). The van der Waals surface area contributed by atoms with Gasteiger partial charge in [0, 0.05) is 36.9 Å². The van der Waals surface area contributed by atoms with Crippen LogP contribution in [0.5, 0.6) is 5.75 Å². The number of likely N-dealkylation sites (tertiary alicyclic amines) is 1. The van der Waals surface area contributed by atoms with Crippen LogP contribution in [0.2, 0.25) is 0 Å². The van der Waals surface area contributed by atoms with Gasteiger partial charge in [0.2, 0.25) is 5.95 Å². The number of piperidine rings is 1. The Morgan fingerprint density at radius 1 is 1.16 bits per heavy atom. The second-order valence-electron chi connectivity index (χ2n) is 8.17. The van der Waals surface area contributed by atoms with Crippen molar-refractivity contribution in [2.75, 3.05) is 31.6 Å². The molecule has 2 aliphatic rings. The van der Waals surface area contributed by atoms with Gasteiger partial charge in [-0.2, -0.15) is 0 Å². The molecule has 4 heterocycles. The van der Waals surface area contributed by atoms with Gasteiger partial charge in [-0.3, -0.25) is 4.79 Å². The van der Waals surface area contributed by atoms with Crippen LogP contribution in [-0.4, -0.2) is 68.6 Å². The van der Waals surface area contributed by atoms with Gasteiger partial charge in [-0.05, 0) is 38.5 Å². The molecule has 0 spiro atoms. The van der Waals surface area contributed by atoms with Gasteiger partial charge in [-0.1, -0.05) is 11.3 Å². The van der Waals surface area contributed by atoms with Gasteiger partial charge in [-0.15, -0.1) is 5.10 Å². The highest BCUT2D eigenvalue weighted by molar-refractivity contribution is 5.99.